The third kappa shape index (κ3) is 3.69. The van der Waals surface area contributed by atoms with E-state index in [4.69, 9.17) is 6.42 Å². The van der Waals surface area contributed by atoms with Crippen LogP contribution in [0.5, 0.6) is 0 Å². The van der Waals surface area contributed by atoms with E-state index in [1.165, 1.54) is 0 Å². The molecule has 1 aromatic rings. The van der Waals surface area contributed by atoms with E-state index >= 15 is 0 Å². The van der Waals surface area contributed by atoms with Crippen molar-refractivity contribution in [2.24, 2.45) is 0 Å². The van der Waals surface area contributed by atoms with Gasteiger partial charge in [0.05, 0.1) is 11.7 Å². The van der Waals surface area contributed by atoms with Gasteiger partial charge in [-0.3, -0.25) is 0 Å². The highest BCUT2D eigenvalue weighted by Gasteiger charge is 2.10. The molecule has 0 spiro atoms. The van der Waals surface area contributed by atoms with Gasteiger partial charge in [-0.1, -0.05) is 6.92 Å². The minimum Gasteiger partial charge on any atom is -0.308 e. The molecule has 15 heavy (non-hydrogen) atoms. The molecule has 0 saturated heterocycles. The summed E-state index contributed by atoms with van der Waals surface area (Å²) < 4.78 is 0. The summed E-state index contributed by atoms with van der Waals surface area (Å²) in [4.78, 5) is 8.45. The Balaban J connectivity index is 2.75. The lowest BCUT2D eigenvalue weighted by atomic mass is 10.1. The minimum absolute atomic E-state index is 0.150. The fraction of sp³-hybridized carbons (Fsp3) is 0.500. The molecular formula is C12H17N3. The predicted octanol–water partition coefficient (Wildman–Crippen LogP) is 1.85. The second-order valence-electron chi connectivity index (χ2n) is 3.44. The molecule has 1 N–H and O–H groups in total. The van der Waals surface area contributed by atoms with E-state index in [1.54, 1.807) is 6.20 Å². The molecule has 0 fully saturated rings. The standard InChI is InChI=1S/C12H17N3/c1-4-6-11(14-8-5-2)12-7-9-13-10(3)15-12/h1,7,9,11,14H,5-6,8H2,2-3H3. The lowest BCUT2D eigenvalue weighted by Crippen LogP contribution is -2.23. The zero-order chi connectivity index (χ0) is 11.1. The van der Waals surface area contributed by atoms with Gasteiger partial charge in [-0.15, -0.1) is 12.3 Å². The third-order valence-electron chi connectivity index (χ3n) is 2.12. The number of aryl methyl sites for hydroxylation is 1. The highest BCUT2D eigenvalue weighted by atomic mass is 15.0. The largest absolute Gasteiger partial charge is 0.308 e. The summed E-state index contributed by atoms with van der Waals surface area (Å²) in [6.07, 6.45) is 8.87. The molecule has 0 amide bonds. The van der Waals surface area contributed by atoms with E-state index in [0.29, 0.717) is 6.42 Å². The topological polar surface area (TPSA) is 37.8 Å². The second-order valence-corrected chi connectivity index (χ2v) is 3.44. The van der Waals surface area contributed by atoms with Crippen molar-refractivity contribution >= 4 is 0 Å². The van der Waals surface area contributed by atoms with Crippen LogP contribution >= 0.6 is 0 Å². The molecule has 3 nitrogen and oxygen atoms in total. The van der Waals surface area contributed by atoms with E-state index in [1.807, 2.05) is 13.0 Å². The lowest BCUT2D eigenvalue weighted by molar-refractivity contribution is 0.528. The maximum absolute atomic E-state index is 5.34. The summed E-state index contributed by atoms with van der Waals surface area (Å²) in [7, 11) is 0. The summed E-state index contributed by atoms with van der Waals surface area (Å²) in [6, 6.07) is 2.06. The van der Waals surface area contributed by atoms with Crippen LogP contribution in [0.2, 0.25) is 0 Å². The molecule has 1 aromatic heterocycles. The van der Waals surface area contributed by atoms with Gasteiger partial charge in [0.15, 0.2) is 0 Å². The Morgan fingerprint density at radius 2 is 2.40 bits per heavy atom. The fourth-order valence-corrected chi connectivity index (χ4v) is 1.39. The van der Waals surface area contributed by atoms with E-state index < -0.39 is 0 Å². The molecule has 0 saturated carbocycles. The van der Waals surface area contributed by atoms with Crippen LogP contribution in [-0.2, 0) is 0 Å². The lowest BCUT2D eigenvalue weighted by Gasteiger charge is -2.15. The summed E-state index contributed by atoms with van der Waals surface area (Å²) in [6.45, 7) is 4.97. The first-order valence-corrected chi connectivity index (χ1v) is 5.24. The van der Waals surface area contributed by atoms with E-state index in [-0.39, 0.29) is 6.04 Å². The quantitative estimate of drug-likeness (QED) is 0.742. The van der Waals surface area contributed by atoms with E-state index in [9.17, 15) is 0 Å². The summed E-state index contributed by atoms with van der Waals surface area (Å²) >= 11 is 0. The average Bonchev–Trinajstić information content (AvgIpc) is 2.24. The molecule has 1 heterocycles. The zero-order valence-corrected chi connectivity index (χ0v) is 9.33. The van der Waals surface area contributed by atoms with Crippen LogP contribution in [0.25, 0.3) is 0 Å². The van der Waals surface area contributed by atoms with Crippen LogP contribution < -0.4 is 5.32 Å². The first-order chi connectivity index (χ1) is 7.27. The van der Waals surface area contributed by atoms with Gasteiger partial charge in [-0.05, 0) is 26.0 Å². The van der Waals surface area contributed by atoms with Crippen molar-refractivity contribution in [1.82, 2.24) is 15.3 Å². The first kappa shape index (κ1) is 11.7. The summed E-state index contributed by atoms with van der Waals surface area (Å²) in [5.41, 5.74) is 0.980. The molecule has 0 aliphatic rings. The SMILES string of the molecule is C#CCC(NCCC)c1ccnc(C)n1. The van der Waals surface area contributed by atoms with Crippen molar-refractivity contribution in [3.8, 4) is 12.3 Å². The third-order valence-corrected chi connectivity index (χ3v) is 2.12. The zero-order valence-electron chi connectivity index (χ0n) is 9.33. The molecule has 3 heteroatoms. The Bertz CT molecular complexity index is 341. The molecular weight excluding hydrogens is 186 g/mol. The molecule has 1 rings (SSSR count). The maximum atomic E-state index is 5.34. The van der Waals surface area contributed by atoms with Gasteiger partial charge in [-0.25, -0.2) is 9.97 Å². The van der Waals surface area contributed by atoms with E-state index in [2.05, 4.69) is 28.1 Å². The van der Waals surface area contributed by atoms with Crippen LogP contribution in [0.3, 0.4) is 0 Å². The molecule has 0 aliphatic carbocycles. The van der Waals surface area contributed by atoms with Gasteiger partial charge in [0.1, 0.15) is 5.82 Å². The van der Waals surface area contributed by atoms with E-state index in [0.717, 1.165) is 24.5 Å². The number of terminal acetylenes is 1. The Morgan fingerprint density at radius 1 is 1.60 bits per heavy atom. The molecule has 0 aliphatic heterocycles. The number of hydrogen-bond donors (Lipinski definition) is 1. The first-order valence-electron chi connectivity index (χ1n) is 5.24. The van der Waals surface area contributed by atoms with Gasteiger partial charge in [0, 0.05) is 12.6 Å². The van der Waals surface area contributed by atoms with Crippen LogP contribution in [0.4, 0.5) is 0 Å². The molecule has 0 radical (unpaired) electrons. The van der Waals surface area contributed by atoms with Crippen LogP contribution in [0.15, 0.2) is 12.3 Å². The van der Waals surface area contributed by atoms with Crippen LogP contribution in [0.1, 0.15) is 37.3 Å². The van der Waals surface area contributed by atoms with Crippen molar-refractivity contribution in [2.45, 2.75) is 32.7 Å². The highest BCUT2D eigenvalue weighted by molar-refractivity contribution is 5.10. The van der Waals surface area contributed by atoms with Crippen molar-refractivity contribution in [2.75, 3.05) is 6.54 Å². The number of nitrogens with zero attached hydrogens (tertiary/aromatic N) is 2. The summed E-state index contributed by atoms with van der Waals surface area (Å²) in [5, 5.41) is 3.38. The Hall–Kier alpha value is -1.40. The van der Waals surface area contributed by atoms with Gasteiger partial charge in [0.2, 0.25) is 0 Å². The average molecular weight is 203 g/mol. The highest BCUT2D eigenvalue weighted by Crippen LogP contribution is 2.13. The maximum Gasteiger partial charge on any atom is 0.125 e. The summed E-state index contributed by atoms with van der Waals surface area (Å²) in [5.74, 6) is 3.46. The van der Waals surface area contributed by atoms with Crippen molar-refractivity contribution in [3.63, 3.8) is 0 Å². The Kier molecular flexibility index (Phi) is 4.79. The van der Waals surface area contributed by atoms with Crippen molar-refractivity contribution in [1.29, 1.82) is 0 Å². The molecule has 1 atom stereocenters. The van der Waals surface area contributed by atoms with Crippen molar-refractivity contribution in [3.05, 3.63) is 23.8 Å². The smallest absolute Gasteiger partial charge is 0.125 e. The van der Waals surface area contributed by atoms with Gasteiger partial charge < -0.3 is 5.32 Å². The number of nitrogens with one attached hydrogen (secondary N) is 1. The van der Waals surface area contributed by atoms with Crippen molar-refractivity contribution < 1.29 is 0 Å². The van der Waals surface area contributed by atoms with Gasteiger partial charge >= 0.3 is 0 Å². The van der Waals surface area contributed by atoms with Gasteiger partial charge in [-0.2, -0.15) is 0 Å². The van der Waals surface area contributed by atoms with Crippen LogP contribution in [0, 0.1) is 19.3 Å². The second kappa shape index (κ2) is 6.15. The van der Waals surface area contributed by atoms with Crippen LogP contribution in [-0.4, -0.2) is 16.5 Å². The fourth-order valence-electron chi connectivity index (χ4n) is 1.39. The Labute approximate surface area is 91.3 Å². The monoisotopic (exact) mass is 203 g/mol. The predicted molar refractivity (Wildman–Crippen MR) is 61.3 cm³/mol. The number of aromatic nitrogens is 2. The normalized spacial score (nSPS) is 12.1. The Morgan fingerprint density at radius 3 is 3.00 bits per heavy atom. The number of rotatable bonds is 5. The molecule has 80 valence electrons. The van der Waals surface area contributed by atoms with Gasteiger partial charge in [0.25, 0.3) is 0 Å². The molecule has 0 bridgehead atoms. The number of hydrogen-bond acceptors (Lipinski definition) is 3. The molecule has 1 unspecified atom stereocenters. The molecule has 0 aromatic carbocycles. The minimum atomic E-state index is 0.150.